The SMILES string of the molecule is N#CC1CCC(c2cccn3ncc(-c4ccc(OCC(O)CN5CCCCC5)cc4)c23)CC1. The fourth-order valence-corrected chi connectivity index (χ4v) is 5.56. The molecule has 34 heavy (non-hydrogen) atoms. The van der Waals surface area contributed by atoms with E-state index in [1.165, 1.54) is 24.8 Å². The maximum atomic E-state index is 10.4. The molecule has 1 saturated carbocycles. The van der Waals surface area contributed by atoms with Gasteiger partial charge in [-0.25, -0.2) is 4.52 Å². The highest BCUT2D eigenvalue weighted by atomic mass is 16.5. The molecule has 1 aromatic carbocycles. The maximum Gasteiger partial charge on any atom is 0.119 e. The van der Waals surface area contributed by atoms with Crippen molar-refractivity contribution < 1.29 is 9.84 Å². The number of nitriles is 1. The Morgan fingerprint density at radius 2 is 1.82 bits per heavy atom. The fourth-order valence-electron chi connectivity index (χ4n) is 5.56. The minimum absolute atomic E-state index is 0.200. The second-order valence-electron chi connectivity index (χ2n) is 9.84. The van der Waals surface area contributed by atoms with Crippen LogP contribution in [0.15, 0.2) is 48.8 Å². The van der Waals surface area contributed by atoms with E-state index in [9.17, 15) is 10.4 Å². The van der Waals surface area contributed by atoms with E-state index in [1.807, 2.05) is 29.0 Å². The minimum Gasteiger partial charge on any atom is -0.491 e. The minimum atomic E-state index is -0.476. The molecular formula is C28H34N4O2. The Kier molecular flexibility index (Phi) is 7.13. The van der Waals surface area contributed by atoms with E-state index < -0.39 is 6.10 Å². The van der Waals surface area contributed by atoms with Gasteiger partial charge in [0.25, 0.3) is 0 Å². The number of fused-ring (bicyclic) bond motifs is 1. The zero-order valence-corrected chi connectivity index (χ0v) is 19.8. The van der Waals surface area contributed by atoms with Crippen LogP contribution in [-0.2, 0) is 0 Å². The third-order valence-electron chi connectivity index (χ3n) is 7.45. The fraction of sp³-hybridized carbons (Fsp3) is 0.500. The van der Waals surface area contributed by atoms with Gasteiger partial charge in [0.2, 0.25) is 0 Å². The van der Waals surface area contributed by atoms with Gasteiger partial charge in [-0.15, -0.1) is 0 Å². The number of pyridine rings is 1. The number of piperidine rings is 1. The molecule has 1 N–H and O–H groups in total. The molecule has 3 heterocycles. The lowest BCUT2D eigenvalue weighted by atomic mass is 9.78. The second-order valence-corrected chi connectivity index (χ2v) is 9.84. The Morgan fingerprint density at radius 3 is 2.56 bits per heavy atom. The maximum absolute atomic E-state index is 10.4. The van der Waals surface area contributed by atoms with Crippen LogP contribution >= 0.6 is 0 Å². The first-order valence-corrected chi connectivity index (χ1v) is 12.7. The van der Waals surface area contributed by atoms with Crippen molar-refractivity contribution in [2.75, 3.05) is 26.2 Å². The molecule has 3 aromatic rings. The van der Waals surface area contributed by atoms with Crippen molar-refractivity contribution in [2.24, 2.45) is 5.92 Å². The number of β-amino-alcohol motifs (C(OH)–C–C–N with tert-alkyl or cyclic N) is 1. The average molecular weight is 459 g/mol. The molecular weight excluding hydrogens is 424 g/mol. The van der Waals surface area contributed by atoms with Crippen LogP contribution in [0.4, 0.5) is 0 Å². The van der Waals surface area contributed by atoms with Crippen molar-refractivity contribution >= 4 is 5.52 Å². The van der Waals surface area contributed by atoms with Crippen molar-refractivity contribution in [1.82, 2.24) is 14.5 Å². The number of ether oxygens (including phenoxy) is 1. The first kappa shape index (κ1) is 22.9. The molecule has 1 unspecified atom stereocenters. The molecule has 1 aliphatic heterocycles. The summed E-state index contributed by atoms with van der Waals surface area (Å²) in [5.41, 5.74) is 4.71. The third kappa shape index (κ3) is 5.11. The van der Waals surface area contributed by atoms with Gasteiger partial charge >= 0.3 is 0 Å². The summed E-state index contributed by atoms with van der Waals surface area (Å²) >= 11 is 0. The Bertz CT molecular complexity index is 1120. The van der Waals surface area contributed by atoms with Gasteiger partial charge in [0.1, 0.15) is 18.5 Å². The number of aromatic nitrogens is 2. The smallest absolute Gasteiger partial charge is 0.119 e. The molecule has 1 aliphatic carbocycles. The molecule has 0 spiro atoms. The van der Waals surface area contributed by atoms with Crippen molar-refractivity contribution in [3.63, 3.8) is 0 Å². The Hall–Kier alpha value is -2.88. The number of benzene rings is 1. The van der Waals surface area contributed by atoms with E-state index in [4.69, 9.17) is 4.74 Å². The average Bonchev–Trinajstić information content (AvgIpc) is 3.33. The van der Waals surface area contributed by atoms with Crippen LogP contribution in [-0.4, -0.2) is 52.0 Å². The summed E-state index contributed by atoms with van der Waals surface area (Å²) < 4.78 is 7.86. The lowest BCUT2D eigenvalue weighted by Crippen LogP contribution is -2.38. The van der Waals surface area contributed by atoms with Crippen LogP contribution in [0.5, 0.6) is 5.75 Å². The number of rotatable bonds is 7. The van der Waals surface area contributed by atoms with Crippen molar-refractivity contribution in [1.29, 1.82) is 5.26 Å². The third-order valence-corrected chi connectivity index (χ3v) is 7.45. The molecule has 2 aliphatic rings. The van der Waals surface area contributed by atoms with Gasteiger partial charge in [-0.1, -0.05) is 24.6 Å². The zero-order valence-electron chi connectivity index (χ0n) is 19.8. The van der Waals surface area contributed by atoms with Gasteiger partial charge in [0.05, 0.1) is 17.8 Å². The van der Waals surface area contributed by atoms with Gasteiger partial charge < -0.3 is 14.7 Å². The zero-order chi connectivity index (χ0) is 23.3. The van der Waals surface area contributed by atoms with Crippen molar-refractivity contribution in [3.8, 4) is 22.9 Å². The summed E-state index contributed by atoms with van der Waals surface area (Å²) in [6.07, 6.45) is 11.3. The van der Waals surface area contributed by atoms with Crippen LogP contribution in [0.25, 0.3) is 16.6 Å². The van der Waals surface area contributed by atoms with Crippen LogP contribution in [0.2, 0.25) is 0 Å². The summed E-state index contributed by atoms with van der Waals surface area (Å²) in [6.45, 7) is 3.14. The monoisotopic (exact) mass is 458 g/mol. The number of aliphatic hydroxyl groups excluding tert-OH is 1. The number of hydrogen-bond donors (Lipinski definition) is 1. The quantitative estimate of drug-likeness (QED) is 0.538. The molecule has 178 valence electrons. The normalized spacial score (nSPS) is 22.4. The van der Waals surface area contributed by atoms with Gasteiger partial charge in [-0.3, -0.25) is 0 Å². The first-order chi connectivity index (χ1) is 16.7. The molecule has 0 radical (unpaired) electrons. The number of nitrogens with zero attached hydrogens (tertiary/aromatic N) is 4. The van der Waals surface area contributed by atoms with Gasteiger partial charge in [0, 0.05) is 24.2 Å². The van der Waals surface area contributed by atoms with Gasteiger partial charge in [0.15, 0.2) is 0 Å². The molecule has 1 saturated heterocycles. The summed E-state index contributed by atoms with van der Waals surface area (Å²) in [5.74, 6) is 1.44. The molecule has 6 nitrogen and oxygen atoms in total. The van der Waals surface area contributed by atoms with Crippen LogP contribution in [0, 0.1) is 17.2 Å². The van der Waals surface area contributed by atoms with E-state index in [-0.39, 0.29) is 5.92 Å². The molecule has 1 atom stereocenters. The summed E-state index contributed by atoms with van der Waals surface area (Å²) in [7, 11) is 0. The van der Waals surface area contributed by atoms with Crippen LogP contribution in [0.3, 0.4) is 0 Å². The first-order valence-electron chi connectivity index (χ1n) is 12.7. The summed E-state index contributed by atoms with van der Waals surface area (Å²) in [4.78, 5) is 2.33. The van der Waals surface area contributed by atoms with Gasteiger partial charge in [-0.05, 0) is 86.9 Å². The topological polar surface area (TPSA) is 73.8 Å². The number of hydrogen-bond acceptors (Lipinski definition) is 5. The molecule has 5 rings (SSSR count). The predicted molar refractivity (Wildman–Crippen MR) is 133 cm³/mol. The van der Waals surface area contributed by atoms with E-state index in [0.717, 1.165) is 61.2 Å². The number of likely N-dealkylation sites (tertiary alicyclic amines) is 1. The molecule has 0 bridgehead atoms. The Balaban J connectivity index is 1.27. The predicted octanol–water partition coefficient (Wildman–Crippen LogP) is 5.02. The second kappa shape index (κ2) is 10.6. The van der Waals surface area contributed by atoms with Crippen LogP contribution in [0.1, 0.15) is 56.4 Å². The van der Waals surface area contributed by atoms with Gasteiger partial charge in [-0.2, -0.15) is 10.4 Å². The molecule has 0 amide bonds. The summed E-state index contributed by atoms with van der Waals surface area (Å²) in [6, 6.07) is 14.8. The van der Waals surface area contributed by atoms with Crippen molar-refractivity contribution in [2.45, 2.75) is 57.0 Å². The molecule has 2 fully saturated rings. The Morgan fingerprint density at radius 1 is 1.06 bits per heavy atom. The summed E-state index contributed by atoms with van der Waals surface area (Å²) in [5, 5.41) is 24.2. The molecule has 2 aromatic heterocycles. The van der Waals surface area contributed by atoms with E-state index in [0.29, 0.717) is 19.1 Å². The lowest BCUT2D eigenvalue weighted by molar-refractivity contribution is 0.0617. The van der Waals surface area contributed by atoms with Crippen molar-refractivity contribution in [3.05, 3.63) is 54.4 Å². The molecule has 6 heteroatoms. The Labute approximate surface area is 201 Å². The standard InChI is InChI=1S/C28H34N4O2/c29-17-21-6-8-22(9-7-21)26-5-4-16-32-28(26)27(18-30-32)23-10-12-25(13-11-23)34-20-24(33)19-31-14-2-1-3-15-31/h4-5,10-13,16,18,21-22,24,33H,1-3,6-9,14-15,19-20H2. The highest BCUT2D eigenvalue weighted by molar-refractivity contribution is 5.83. The van der Waals surface area contributed by atoms with Crippen LogP contribution < -0.4 is 4.74 Å². The highest BCUT2D eigenvalue weighted by Crippen LogP contribution is 2.39. The lowest BCUT2D eigenvalue weighted by Gasteiger charge is -2.28. The largest absolute Gasteiger partial charge is 0.491 e. The van der Waals surface area contributed by atoms with E-state index >= 15 is 0 Å². The number of aliphatic hydroxyl groups is 1. The van der Waals surface area contributed by atoms with E-state index in [1.54, 1.807) is 0 Å². The van der Waals surface area contributed by atoms with E-state index in [2.05, 4.69) is 40.3 Å². The highest BCUT2D eigenvalue weighted by Gasteiger charge is 2.25.